The molecule has 0 aromatic rings. The summed E-state index contributed by atoms with van der Waals surface area (Å²) in [6.07, 6.45) is 3.63. The summed E-state index contributed by atoms with van der Waals surface area (Å²) < 4.78 is 5.27. The quantitative estimate of drug-likeness (QED) is 0.552. The van der Waals surface area contributed by atoms with Gasteiger partial charge in [0.2, 0.25) is 0 Å². The van der Waals surface area contributed by atoms with Crippen LogP contribution in [0.5, 0.6) is 0 Å². The summed E-state index contributed by atoms with van der Waals surface area (Å²) >= 11 is 0. The van der Waals surface area contributed by atoms with Gasteiger partial charge >= 0.3 is 0 Å². The number of carbonyl (C=O) groups excluding carboxylic acids is 1. The average Bonchev–Trinajstić information content (AvgIpc) is 2.53. The van der Waals surface area contributed by atoms with Crippen LogP contribution in [0.3, 0.4) is 0 Å². The molecule has 21 heavy (non-hydrogen) atoms. The fraction of sp³-hybridized carbons (Fsp3) is 0.733. The molecule has 2 saturated heterocycles. The minimum Gasteiger partial charge on any atom is -0.378 e. The monoisotopic (exact) mass is 292 g/mol. The smallest absolute Gasteiger partial charge is 0.265 e. The number of likely N-dealkylation sites (N-methyl/N-ethyl adjacent to an activating group) is 1. The van der Waals surface area contributed by atoms with Crippen molar-refractivity contribution in [3.05, 3.63) is 11.8 Å². The Morgan fingerprint density at radius 3 is 2.48 bits per heavy atom. The number of ether oxygens (including phenoxy) is 1. The van der Waals surface area contributed by atoms with Crippen LogP contribution in [0.1, 0.15) is 12.8 Å². The Balaban J connectivity index is 1.98. The number of morpholine rings is 1. The van der Waals surface area contributed by atoms with Gasteiger partial charge < -0.3 is 19.4 Å². The largest absolute Gasteiger partial charge is 0.378 e. The van der Waals surface area contributed by atoms with Crippen molar-refractivity contribution in [2.75, 3.05) is 53.5 Å². The molecule has 1 amide bonds. The molecule has 2 heterocycles. The summed E-state index contributed by atoms with van der Waals surface area (Å²) in [4.78, 5) is 18.5. The van der Waals surface area contributed by atoms with Gasteiger partial charge in [0, 0.05) is 32.4 Å². The Morgan fingerprint density at radius 1 is 1.29 bits per heavy atom. The summed E-state index contributed by atoms with van der Waals surface area (Å²) in [5, 5.41) is 9.28. The molecule has 0 bridgehead atoms. The number of piperidine rings is 1. The molecule has 6 nitrogen and oxygen atoms in total. The summed E-state index contributed by atoms with van der Waals surface area (Å²) in [7, 11) is 3.90. The standard InChI is InChI=1S/C15H24N4O2/c1-17-5-3-14(4-6-17)18(2)15(20)13(11-16)12-19-7-9-21-10-8-19/h12,14H,3-10H2,1-2H3/b13-12-. The number of hydrogen-bond donors (Lipinski definition) is 0. The topological polar surface area (TPSA) is 59.8 Å². The lowest BCUT2D eigenvalue weighted by Gasteiger charge is -2.35. The van der Waals surface area contributed by atoms with Crippen LogP contribution >= 0.6 is 0 Å². The van der Waals surface area contributed by atoms with Gasteiger partial charge in [-0.2, -0.15) is 5.26 Å². The number of hydrogen-bond acceptors (Lipinski definition) is 5. The molecule has 116 valence electrons. The molecule has 0 aromatic carbocycles. The third kappa shape index (κ3) is 4.19. The summed E-state index contributed by atoms with van der Waals surface area (Å²) in [5.74, 6) is -0.168. The molecule has 0 radical (unpaired) electrons. The van der Waals surface area contributed by atoms with Crippen molar-refractivity contribution in [2.45, 2.75) is 18.9 Å². The fourth-order valence-electron chi connectivity index (χ4n) is 2.76. The number of nitriles is 1. The second-order valence-corrected chi connectivity index (χ2v) is 5.75. The summed E-state index contributed by atoms with van der Waals surface area (Å²) in [6, 6.07) is 2.29. The zero-order chi connectivity index (χ0) is 15.2. The van der Waals surface area contributed by atoms with E-state index in [4.69, 9.17) is 4.74 Å². The van der Waals surface area contributed by atoms with E-state index >= 15 is 0 Å². The van der Waals surface area contributed by atoms with Crippen molar-refractivity contribution in [3.8, 4) is 6.07 Å². The normalized spacial score (nSPS) is 22.0. The number of likely N-dealkylation sites (tertiary alicyclic amines) is 1. The summed E-state index contributed by atoms with van der Waals surface area (Å²) in [5.41, 5.74) is 0.221. The third-order valence-electron chi connectivity index (χ3n) is 4.26. The highest BCUT2D eigenvalue weighted by Gasteiger charge is 2.26. The molecule has 0 spiro atoms. The number of nitrogens with zero attached hydrogens (tertiary/aromatic N) is 4. The molecule has 6 heteroatoms. The van der Waals surface area contributed by atoms with E-state index in [1.165, 1.54) is 0 Å². The van der Waals surface area contributed by atoms with E-state index in [1.54, 1.807) is 11.1 Å². The third-order valence-corrected chi connectivity index (χ3v) is 4.26. The van der Waals surface area contributed by atoms with Crippen molar-refractivity contribution >= 4 is 5.91 Å². The summed E-state index contributed by atoms with van der Waals surface area (Å²) in [6.45, 7) is 4.75. The minimum absolute atomic E-state index is 0.168. The van der Waals surface area contributed by atoms with Crippen LogP contribution in [0.15, 0.2) is 11.8 Å². The van der Waals surface area contributed by atoms with Gasteiger partial charge in [0.05, 0.1) is 13.2 Å². The maximum atomic E-state index is 12.5. The van der Waals surface area contributed by atoms with Gasteiger partial charge in [-0.05, 0) is 33.0 Å². The van der Waals surface area contributed by atoms with E-state index in [1.807, 2.05) is 11.9 Å². The van der Waals surface area contributed by atoms with Crippen molar-refractivity contribution in [1.82, 2.24) is 14.7 Å². The first-order valence-corrected chi connectivity index (χ1v) is 7.51. The van der Waals surface area contributed by atoms with Crippen LogP contribution in [-0.2, 0) is 9.53 Å². The Hall–Kier alpha value is -1.58. The molecule has 0 aromatic heterocycles. The fourth-order valence-corrected chi connectivity index (χ4v) is 2.76. The number of rotatable bonds is 3. The second-order valence-electron chi connectivity index (χ2n) is 5.75. The number of carbonyl (C=O) groups is 1. The molecule has 0 aliphatic carbocycles. The van der Waals surface area contributed by atoms with Crippen LogP contribution in [-0.4, -0.2) is 80.1 Å². The van der Waals surface area contributed by atoms with Crippen molar-refractivity contribution in [2.24, 2.45) is 0 Å². The van der Waals surface area contributed by atoms with Crippen molar-refractivity contribution < 1.29 is 9.53 Å². The lowest BCUT2D eigenvalue weighted by atomic mass is 10.0. The van der Waals surface area contributed by atoms with Gasteiger partial charge in [-0.3, -0.25) is 4.79 Å². The molecule has 2 fully saturated rings. The van der Waals surface area contributed by atoms with Crippen molar-refractivity contribution in [1.29, 1.82) is 5.26 Å². The highest BCUT2D eigenvalue weighted by atomic mass is 16.5. The molecule has 0 atom stereocenters. The lowest BCUT2D eigenvalue weighted by molar-refractivity contribution is -0.128. The molecule has 0 saturated carbocycles. The van der Waals surface area contributed by atoms with Crippen LogP contribution in [0, 0.1) is 11.3 Å². The van der Waals surface area contributed by atoms with Gasteiger partial charge in [0.1, 0.15) is 11.6 Å². The second kappa shape index (κ2) is 7.43. The van der Waals surface area contributed by atoms with Crippen LogP contribution in [0.25, 0.3) is 0 Å². The predicted octanol–water partition coefficient (Wildman–Crippen LogP) is 0.279. The van der Waals surface area contributed by atoms with Crippen LogP contribution in [0.4, 0.5) is 0 Å². The first kappa shape index (κ1) is 15.8. The van der Waals surface area contributed by atoms with Gasteiger partial charge in [-0.15, -0.1) is 0 Å². The molecular formula is C15H24N4O2. The highest BCUT2D eigenvalue weighted by molar-refractivity contribution is 5.97. The molecule has 0 unspecified atom stereocenters. The maximum Gasteiger partial charge on any atom is 0.265 e. The van der Waals surface area contributed by atoms with Crippen LogP contribution in [0.2, 0.25) is 0 Å². The van der Waals surface area contributed by atoms with E-state index in [0.717, 1.165) is 39.0 Å². The Morgan fingerprint density at radius 2 is 1.90 bits per heavy atom. The molecule has 2 rings (SSSR count). The Bertz CT molecular complexity index is 429. The van der Waals surface area contributed by atoms with E-state index in [9.17, 15) is 10.1 Å². The molecule has 0 N–H and O–H groups in total. The minimum atomic E-state index is -0.168. The SMILES string of the molecule is CN1CCC(N(C)C(=O)/C(C#N)=C\N2CCOCC2)CC1. The predicted molar refractivity (Wildman–Crippen MR) is 79.4 cm³/mol. The number of amides is 1. The van der Waals surface area contributed by atoms with Crippen molar-refractivity contribution in [3.63, 3.8) is 0 Å². The van der Waals surface area contributed by atoms with E-state index in [2.05, 4.69) is 18.0 Å². The molecule has 2 aliphatic heterocycles. The van der Waals surface area contributed by atoms with Crippen LogP contribution < -0.4 is 0 Å². The Labute approximate surface area is 126 Å². The zero-order valence-electron chi connectivity index (χ0n) is 12.9. The van der Waals surface area contributed by atoms with E-state index in [-0.39, 0.29) is 17.5 Å². The first-order valence-electron chi connectivity index (χ1n) is 7.51. The first-order chi connectivity index (χ1) is 10.1. The highest BCUT2D eigenvalue weighted by Crippen LogP contribution is 2.16. The molecular weight excluding hydrogens is 268 g/mol. The van der Waals surface area contributed by atoms with Gasteiger partial charge in [-0.1, -0.05) is 0 Å². The van der Waals surface area contributed by atoms with Gasteiger partial charge in [-0.25, -0.2) is 0 Å². The van der Waals surface area contributed by atoms with E-state index < -0.39 is 0 Å². The maximum absolute atomic E-state index is 12.5. The molecule has 2 aliphatic rings. The van der Waals surface area contributed by atoms with Gasteiger partial charge in [0.25, 0.3) is 5.91 Å². The average molecular weight is 292 g/mol. The Kier molecular flexibility index (Phi) is 5.59. The lowest BCUT2D eigenvalue weighted by Crippen LogP contribution is -2.45. The zero-order valence-corrected chi connectivity index (χ0v) is 12.9. The van der Waals surface area contributed by atoms with Gasteiger partial charge in [0.15, 0.2) is 0 Å². The van der Waals surface area contributed by atoms with E-state index in [0.29, 0.717) is 13.2 Å².